The number of nitrogens with two attached hydrogens (primary N) is 1. The number of ketones is 1. The lowest BCUT2D eigenvalue weighted by Gasteiger charge is -2.22. The number of carboxylic acids is 1. The molecule has 0 saturated heterocycles. The van der Waals surface area contributed by atoms with Crippen molar-refractivity contribution in [1.82, 2.24) is 0 Å². The number of nitrogen functional groups attached to an aromatic ring is 1. The van der Waals surface area contributed by atoms with E-state index < -0.39 is 11.8 Å². The van der Waals surface area contributed by atoms with Crippen LogP contribution in [0.2, 0.25) is 5.02 Å². The van der Waals surface area contributed by atoms with Crippen molar-refractivity contribution in [3.8, 4) is 5.75 Å². The van der Waals surface area contributed by atoms with Crippen molar-refractivity contribution in [1.29, 1.82) is 0 Å². The maximum absolute atomic E-state index is 12.6. The summed E-state index contributed by atoms with van der Waals surface area (Å²) in [5.74, 6) is -0.629. The zero-order chi connectivity index (χ0) is 19.4. The van der Waals surface area contributed by atoms with Gasteiger partial charge in [0.1, 0.15) is 5.75 Å². The molecule has 27 heavy (non-hydrogen) atoms. The molecule has 1 saturated carbocycles. The Morgan fingerprint density at radius 1 is 1.15 bits per heavy atom. The third-order valence-corrected chi connectivity index (χ3v) is 5.17. The number of Topliss-reactive ketones (excluding diaryl/α,β-unsaturated/α-hetero) is 1. The quantitative estimate of drug-likeness (QED) is 0.541. The molecule has 0 amide bonds. The summed E-state index contributed by atoms with van der Waals surface area (Å²) in [5, 5.41) is 9.49. The van der Waals surface area contributed by atoms with Gasteiger partial charge in [-0.2, -0.15) is 0 Å². The molecule has 0 spiro atoms. The highest BCUT2D eigenvalue weighted by Crippen LogP contribution is 2.34. The van der Waals surface area contributed by atoms with Crippen molar-refractivity contribution < 1.29 is 19.4 Å². The molecular weight excluding hydrogens is 366 g/mol. The van der Waals surface area contributed by atoms with Crippen LogP contribution in [0.15, 0.2) is 36.4 Å². The lowest BCUT2D eigenvalue weighted by atomic mass is 9.84. The summed E-state index contributed by atoms with van der Waals surface area (Å²) in [6, 6.07) is 10.4. The van der Waals surface area contributed by atoms with Crippen molar-refractivity contribution in [2.45, 2.75) is 38.0 Å². The highest BCUT2D eigenvalue weighted by molar-refractivity contribution is 6.31. The predicted molar refractivity (Wildman–Crippen MR) is 105 cm³/mol. The van der Waals surface area contributed by atoms with Crippen LogP contribution >= 0.6 is 11.6 Å². The van der Waals surface area contributed by atoms with E-state index in [1.54, 1.807) is 6.07 Å². The molecule has 3 N–H and O–H groups in total. The van der Waals surface area contributed by atoms with E-state index in [0.717, 1.165) is 0 Å². The number of hydrogen-bond donors (Lipinski definition) is 2. The molecule has 3 rings (SSSR count). The molecular formula is C21H22ClNO4. The van der Waals surface area contributed by atoms with Gasteiger partial charge in [0.25, 0.3) is 0 Å². The second kappa shape index (κ2) is 8.44. The van der Waals surface area contributed by atoms with Crippen LogP contribution in [0.1, 0.15) is 64.3 Å². The second-order valence-corrected chi connectivity index (χ2v) is 7.28. The van der Waals surface area contributed by atoms with Crippen LogP contribution in [0, 0.1) is 0 Å². The molecule has 142 valence electrons. The molecule has 0 atom stereocenters. The van der Waals surface area contributed by atoms with Crippen LogP contribution in [-0.4, -0.2) is 23.5 Å². The van der Waals surface area contributed by atoms with Crippen molar-refractivity contribution in [2.24, 2.45) is 0 Å². The van der Waals surface area contributed by atoms with E-state index in [0.29, 0.717) is 11.7 Å². The Bertz CT molecular complexity index is 859. The molecule has 2 aromatic carbocycles. The molecule has 1 aliphatic carbocycles. The predicted octanol–water partition coefficient (Wildman–Crippen LogP) is 4.93. The number of carbonyl (C=O) groups is 2. The first-order valence-corrected chi connectivity index (χ1v) is 9.42. The van der Waals surface area contributed by atoms with Crippen LogP contribution in [-0.2, 0) is 0 Å². The highest BCUT2D eigenvalue weighted by atomic mass is 35.5. The molecule has 0 bridgehead atoms. The summed E-state index contributed by atoms with van der Waals surface area (Å²) in [7, 11) is 0. The van der Waals surface area contributed by atoms with Crippen LogP contribution < -0.4 is 10.5 Å². The van der Waals surface area contributed by atoms with Crippen LogP contribution in [0.3, 0.4) is 0 Å². The Balaban J connectivity index is 1.74. The minimum atomic E-state index is -1.26. The Kier molecular flexibility index (Phi) is 6.01. The van der Waals surface area contributed by atoms with Gasteiger partial charge in [0.2, 0.25) is 5.78 Å². The Hall–Kier alpha value is -2.53. The number of hydrogen-bond acceptors (Lipinski definition) is 4. The number of ether oxygens (including phenoxy) is 1. The van der Waals surface area contributed by atoms with Crippen LogP contribution in [0.5, 0.6) is 5.75 Å². The maximum Gasteiger partial charge on any atom is 0.336 e. The van der Waals surface area contributed by atoms with Gasteiger partial charge in [0.05, 0.1) is 11.1 Å². The minimum absolute atomic E-state index is 0.0319. The first-order valence-electron chi connectivity index (χ1n) is 9.04. The monoisotopic (exact) mass is 387 g/mol. The molecule has 0 radical (unpaired) electrons. The summed E-state index contributed by atoms with van der Waals surface area (Å²) in [4.78, 5) is 24.0. The molecule has 6 heteroatoms. The molecule has 0 unspecified atom stereocenters. The standard InChI is InChI=1S/C21H22ClNO4/c22-15-10-17(21(25)26)20(18(23)11-15)19(24)12-27-16-8-4-7-14(9-16)13-5-2-1-3-6-13/h4,7-11,13H,1-3,5-6,12,23H2,(H,25,26). The van der Waals surface area contributed by atoms with Crippen molar-refractivity contribution >= 4 is 29.0 Å². The number of halogens is 1. The molecule has 0 aliphatic heterocycles. The third kappa shape index (κ3) is 4.61. The number of carbonyl (C=O) groups excluding carboxylic acids is 1. The fraction of sp³-hybridized carbons (Fsp3) is 0.333. The van der Waals surface area contributed by atoms with Crippen LogP contribution in [0.25, 0.3) is 0 Å². The SMILES string of the molecule is Nc1cc(Cl)cc(C(=O)O)c1C(=O)COc1cccc(C2CCCCC2)c1. The van der Waals surface area contributed by atoms with Gasteiger partial charge in [-0.3, -0.25) is 4.79 Å². The summed E-state index contributed by atoms with van der Waals surface area (Å²) in [6.07, 6.45) is 6.11. The van der Waals surface area contributed by atoms with E-state index in [1.165, 1.54) is 49.8 Å². The number of benzene rings is 2. The average Bonchev–Trinajstić information content (AvgIpc) is 2.66. The summed E-state index contributed by atoms with van der Waals surface area (Å²) < 4.78 is 5.64. The topological polar surface area (TPSA) is 89.6 Å². The molecule has 2 aromatic rings. The van der Waals surface area contributed by atoms with Gasteiger partial charge in [0.15, 0.2) is 6.61 Å². The number of anilines is 1. The third-order valence-electron chi connectivity index (χ3n) is 4.95. The first kappa shape index (κ1) is 19.2. The zero-order valence-corrected chi connectivity index (χ0v) is 15.7. The highest BCUT2D eigenvalue weighted by Gasteiger charge is 2.21. The molecule has 0 aromatic heterocycles. The van der Waals surface area contributed by atoms with Gasteiger partial charge in [0, 0.05) is 10.7 Å². The van der Waals surface area contributed by atoms with E-state index in [1.807, 2.05) is 12.1 Å². The van der Waals surface area contributed by atoms with E-state index in [-0.39, 0.29) is 28.4 Å². The first-order chi connectivity index (χ1) is 13.0. The number of rotatable bonds is 6. The molecule has 1 aliphatic rings. The Morgan fingerprint density at radius 2 is 1.89 bits per heavy atom. The second-order valence-electron chi connectivity index (χ2n) is 6.84. The van der Waals surface area contributed by atoms with Gasteiger partial charge in [-0.15, -0.1) is 0 Å². The summed E-state index contributed by atoms with van der Waals surface area (Å²) in [5.41, 5.74) is 6.79. The van der Waals surface area contributed by atoms with E-state index in [4.69, 9.17) is 22.1 Å². The number of carboxylic acid groups (broad SMARTS) is 1. The smallest absolute Gasteiger partial charge is 0.336 e. The van der Waals surface area contributed by atoms with Crippen molar-refractivity contribution in [2.75, 3.05) is 12.3 Å². The van der Waals surface area contributed by atoms with Gasteiger partial charge in [-0.25, -0.2) is 4.79 Å². The lowest BCUT2D eigenvalue weighted by Crippen LogP contribution is -2.18. The van der Waals surface area contributed by atoms with E-state index in [9.17, 15) is 14.7 Å². The summed E-state index contributed by atoms with van der Waals surface area (Å²) in [6.45, 7) is -0.291. The average molecular weight is 388 g/mol. The van der Waals surface area contributed by atoms with E-state index in [2.05, 4.69) is 6.07 Å². The van der Waals surface area contributed by atoms with Gasteiger partial charge in [-0.05, 0) is 48.6 Å². The molecule has 0 heterocycles. The molecule has 5 nitrogen and oxygen atoms in total. The van der Waals surface area contributed by atoms with Crippen LogP contribution in [0.4, 0.5) is 5.69 Å². The summed E-state index contributed by atoms with van der Waals surface area (Å²) >= 11 is 5.85. The van der Waals surface area contributed by atoms with Gasteiger partial charge in [-0.1, -0.05) is 43.0 Å². The fourth-order valence-corrected chi connectivity index (χ4v) is 3.85. The fourth-order valence-electron chi connectivity index (χ4n) is 3.62. The van der Waals surface area contributed by atoms with Gasteiger partial charge >= 0.3 is 5.97 Å². The normalized spacial score (nSPS) is 14.7. The molecule has 1 fully saturated rings. The Morgan fingerprint density at radius 3 is 2.59 bits per heavy atom. The van der Waals surface area contributed by atoms with Crippen molar-refractivity contribution in [3.63, 3.8) is 0 Å². The minimum Gasteiger partial charge on any atom is -0.485 e. The van der Waals surface area contributed by atoms with Crippen molar-refractivity contribution in [3.05, 3.63) is 58.1 Å². The van der Waals surface area contributed by atoms with E-state index >= 15 is 0 Å². The zero-order valence-electron chi connectivity index (χ0n) is 14.9. The maximum atomic E-state index is 12.6. The lowest BCUT2D eigenvalue weighted by molar-refractivity contribution is 0.0690. The Labute approximate surface area is 163 Å². The van der Waals surface area contributed by atoms with Gasteiger partial charge < -0.3 is 15.6 Å². The number of aromatic carboxylic acids is 1. The largest absolute Gasteiger partial charge is 0.485 e.